The summed E-state index contributed by atoms with van der Waals surface area (Å²) in [4.78, 5) is 20.9. The number of carbonyl (C=O) groups excluding carboxylic acids is 1. The minimum Gasteiger partial charge on any atom is -0.365 e. The molecule has 0 fully saturated rings. The van der Waals surface area contributed by atoms with E-state index in [2.05, 4.69) is 15.3 Å². The Labute approximate surface area is 162 Å². The molecule has 27 heavy (non-hydrogen) atoms. The minimum atomic E-state index is -0.0772. The molecule has 2 aromatic heterocycles. The lowest BCUT2D eigenvalue weighted by molar-refractivity contribution is 0.104. The van der Waals surface area contributed by atoms with Gasteiger partial charge in [0.1, 0.15) is 5.82 Å². The highest BCUT2D eigenvalue weighted by Crippen LogP contribution is 2.26. The van der Waals surface area contributed by atoms with Crippen LogP contribution in [0.5, 0.6) is 0 Å². The lowest BCUT2D eigenvalue weighted by atomic mass is 10.0. The quantitative estimate of drug-likeness (QED) is 0.461. The second-order valence-corrected chi connectivity index (χ2v) is 6.85. The summed E-state index contributed by atoms with van der Waals surface area (Å²) < 4.78 is 0. The first-order valence-electron chi connectivity index (χ1n) is 8.68. The maximum absolute atomic E-state index is 13.2. The van der Waals surface area contributed by atoms with Crippen molar-refractivity contribution in [2.24, 2.45) is 0 Å². The molecule has 0 radical (unpaired) electrons. The minimum absolute atomic E-state index is 0.0772. The molecule has 0 aliphatic carbocycles. The van der Waals surface area contributed by atoms with Gasteiger partial charge in [-0.1, -0.05) is 48.0 Å². The zero-order valence-corrected chi connectivity index (χ0v) is 15.5. The van der Waals surface area contributed by atoms with Crippen LogP contribution in [0.3, 0.4) is 0 Å². The fourth-order valence-corrected chi connectivity index (χ4v) is 3.26. The molecule has 2 aromatic carbocycles. The lowest BCUT2D eigenvalue weighted by Gasteiger charge is -2.11. The standard InChI is InChI=1S/C22H18ClN3O/c1-14-7-9-18(22(26-14)25-12-15-5-3-2-4-6-15)21(27)19-13-24-20-11-16(23)8-10-17(19)20/h2-11,13,24H,12H2,1H3,(H,25,26). The molecule has 5 heteroatoms. The number of rotatable bonds is 5. The molecule has 2 heterocycles. The van der Waals surface area contributed by atoms with E-state index in [0.29, 0.717) is 28.5 Å². The first kappa shape index (κ1) is 17.3. The predicted octanol–water partition coefficient (Wildman–Crippen LogP) is 5.37. The molecule has 0 saturated heterocycles. The lowest BCUT2D eigenvalue weighted by Crippen LogP contribution is -2.10. The average molecular weight is 376 g/mol. The number of hydrogen-bond acceptors (Lipinski definition) is 3. The van der Waals surface area contributed by atoms with Gasteiger partial charge in [-0.15, -0.1) is 0 Å². The van der Waals surface area contributed by atoms with Crippen LogP contribution in [-0.2, 0) is 6.54 Å². The number of carbonyl (C=O) groups is 1. The molecule has 0 amide bonds. The summed E-state index contributed by atoms with van der Waals surface area (Å²) >= 11 is 6.04. The molecule has 2 N–H and O–H groups in total. The second-order valence-electron chi connectivity index (χ2n) is 6.41. The van der Waals surface area contributed by atoms with Crippen LogP contribution in [0.2, 0.25) is 5.02 Å². The van der Waals surface area contributed by atoms with Crippen molar-refractivity contribution in [3.63, 3.8) is 0 Å². The van der Waals surface area contributed by atoms with E-state index >= 15 is 0 Å². The van der Waals surface area contributed by atoms with Crippen molar-refractivity contribution < 1.29 is 4.79 Å². The van der Waals surface area contributed by atoms with Gasteiger partial charge >= 0.3 is 0 Å². The Kier molecular flexibility index (Phi) is 4.65. The molecule has 4 rings (SSSR count). The number of anilines is 1. The highest BCUT2D eigenvalue weighted by atomic mass is 35.5. The van der Waals surface area contributed by atoms with E-state index in [1.165, 1.54) is 0 Å². The van der Waals surface area contributed by atoms with Crippen molar-refractivity contribution in [2.45, 2.75) is 13.5 Å². The number of ketones is 1. The SMILES string of the molecule is Cc1ccc(C(=O)c2c[nH]c3cc(Cl)ccc23)c(NCc2ccccc2)n1. The van der Waals surface area contributed by atoms with Gasteiger partial charge < -0.3 is 10.3 Å². The molecule has 0 bridgehead atoms. The molecule has 0 saturated carbocycles. The van der Waals surface area contributed by atoms with Gasteiger partial charge in [-0.25, -0.2) is 4.98 Å². The number of benzene rings is 2. The predicted molar refractivity (Wildman–Crippen MR) is 109 cm³/mol. The number of aromatic nitrogens is 2. The number of pyridine rings is 1. The van der Waals surface area contributed by atoms with Crippen molar-refractivity contribution in [2.75, 3.05) is 5.32 Å². The number of aromatic amines is 1. The summed E-state index contributed by atoms with van der Waals surface area (Å²) in [7, 11) is 0. The van der Waals surface area contributed by atoms with E-state index in [1.54, 1.807) is 12.3 Å². The van der Waals surface area contributed by atoms with E-state index in [4.69, 9.17) is 11.6 Å². The molecule has 0 spiro atoms. The van der Waals surface area contributed by atoms with Crippen LogP contribution in [0, 0.1) is 6.92 Å². The number of fused-ring (bicyclic) bond motifs is 1. The smallest absolute Gasteiger partial charge is 0.198 e. The Morgan fingerprint density at radius 2 is 1.89 bits per heavy atom. The molecule has 134 valence electrons. The summed E-state index contributed by atoms with van der Waals surface area (Å²) in [5, 5.41) is 4.78. The normalized spacial score (nSPS) is 10.9. The number of halogens is 1. The van der Waals surface area contributed by atoms with Crippen LogP contribution in [0.4, 0.5) is 5.82 Å². The summed E-state index contributed by atoms with van der Waals surface area (Å²) in [6, 6.07) is 19.2. The highest BCUT2D eigenvalue weighted by molar-refractivity contribution is 6.31. The van der Waals surface area contributed by atoms with Crippen LogP contribution < -0.4 is 5.32 Å². The molecule has 4 nitrogen and oxygen atoms in total. The fourth-order valence-electron chi connectivity index (χ4n) is 3.09. The fraction of sp³-hybridized carbons (Fsp3) is 0.0909. The Morgan fingerprint density at radius 1 is 1.07 bits per heavy atom. The van der Waals surface area contributed by atoms with E-state index in [0.717, 1.165) is 22.2 Å². The molecule has 0 aliphatic heterocycles. The van der Waals surface area contributed by atoms with Crippen molar-refractivity contribution in [3.8, 4) is 0 Å². The topological polar surface area (TPSA) is 57.8 Å². The van der Waals surface area contributed by atoms with Gasteiger partial charge in [0.15, 0.2) is 5.78 Å². The van der Waals surface area contributed by atoms with Gasteiger partial charge in [0.05, 0.1) is 5.56 Å². The van der Waals surface area contributed by atoms with Crippen molar-refractivity contribution >= 4 is 34.1 Å². The summed E-state index contributed by atoms with van der Waals surface area (Å²) in [6.07, 6.45) is 1.73. The summed E-state index contributed by atoms with van der Waals surface area (Å²) in [5.41, 5.74) is 3.97. The van der Waals surface area contributed by atoms with E-state index < -0.39 is 0 Å². The third-order valence-corrected chi connectivity index (χ3v) is 4.71. The number of hydrogen-bond donors (Lipinski definition) is 2. The average Bonchev–Trinajstić information content (AvgIpc) is 3.09. The maximum atomic E-state index is 13.2. The maximum Gasteiger partial charge on any atom is 0.198 e. The number of H-pyrrole nitrogens is 1. The molecule has 0 aliphatic rings. The van der Waals surface area contributed by atoms with E-state index in [1.807, 2.05) is 61.5 Å². The van der Waals surface area contributed by atoms with Crippen LogP contribution in [0.1, 0.15) is 27.2 Å². The number of nitrogens with zero attached hydrogens (tertiary/aromatic N) is 1. The first-order valence-corrected chi connectivity index (χ1v) is 9.06. The Balaban J connectivity index is 1.69. The largest absolute Gasteiger partial charge is 0.365 e. The zero-order valence-electron chi connectivity index (χ0n) is 14.8. The summed E-state index contributed by atoms with van der Waals surface area (Å²) in [6.45, 7) is 2.51. The molecule has 4 aromatic rings. The monoisotopic (exact) mass is 375 g/mol. The van der Waals surface area contributed by atoms with Crippen molar-refractivity contribution in [1.82, 2.24) is 9.97 Å². The third-order valence-electron chi connectivity index (χ3n) is 4.47. The van der Waals surface area contributed by atoms with Gasteiger partial charge in [-0.2, -0.15) is 0 Å². The molecule has 0 atom stereocenters. The van der Waals surface area contributed by atoms with Gasteiger partial charge in [0.2, 0.25) is 0 Å². The van der Waals surface area contributed by atoms with E-state index in [-0.39, 0.29) is 5.78 Å². The third kappa shape index (κ3) is 3.57. The van der Waals surface area contributed by atoms with E-state index in [9.17, 15) is 4.79 Å². The molecule has 0 unspecified atom stereocenters. The van der Waals surface area contributed by atoms with Gasteiger partial charge in [-0.05, 0) is 36.8 Å². The number of aryl methyl sites for hydroxylation is 1. The Hall–Kier alpha value is -3.11. The van der Waals surface area contributed by atoms with Gasteiger partial charge in [0, 0.05) is 39.9 Å². The van der Waals surface area contributed by atoms with Crippen LogP contribution in [-0.4, -0.2) is 15.8 Å². The molecular weight excluding hydrogens is 358 g/mol. The van der Waals surface area contributed by atoms with Crippen molar-refractivity contribution in [3.05, 3.63) is 94.3 Å². The summed E-state index contributed by atoms with van der Waals surface area (Å²) in [5.74, 6) is 0.513. The highest BCUT2D eigenvalue weighted by Gasteiger charge is 2.18. The Morgan fingerprint density at radius 3 is 2.70 bits per heavy atom. The van der Waals surface area contributed by atoms with Gasteiger partial charge in [-0.3, -0.25) is 4.79 Å². The number of nitrogens with one attached hydrogen (secondary N) is 2. The first-order chi connectivity index (χ1) is 13.1. The van der Waals surface area contributed by atoms with Crippen LogP contribution in [0.15, 0.2) is 66.9 Å². The second kappa shape index (κ2) is 7.25. The zero-order chi connectivity index (χ0) is 18.8. The van der Waals surface area contributed by atoms with Gasteiger partial charge in [0.25, 0.3) is 0 Å². The molecular formula is C22H18ClN3O. The van der Waals surface area contributed by atoms with Crippen molar-refractivity contribution in [1.29, 1.82) is 0 Å². The van der Waals surface area contributed by atoms with Crippen LogP contribution >= 0.6 is 11.6 Å². The Bertz CT molecular complexity index is 1120. The van der Waals surface area contributed by atoms with Crippen LogP contribution in [0.25, 0.3) is 10.9 Å².